The fourth-order valence-electron chi connectivity index (χ4n) is 10.0. The van der Waals surface area contributed by atoms with Crippen LogP contribution in [0.1, 0.15) is 74.1 Å². The quantitative estimate of drug-likeness (QED) is 0.294. The van der Waals surface area contributed by atoms with E-state index in [1.54, 1.807) is 14.7 Å². The normalized spacial score (nSPS) is 26.9. The molecule has 55 heavy (non-hydrogen) atoms. The van der Waals surface area contributed by atoms with Gasteiger partial charge in [-0.05, 0) is 92.2 Å². The lowest BCUT2D eigenvalue weighted by molar-refractivity contribution is -0.151. The molecule has 0 unspecified atom stereocenters. The van der Waals surface area contributed by atoms with Crippen molar-refractivity contribution in [3.8, 4) is 0 Å². The molecule has 0 bridgehead atoms. The lowest BCUT2D eigenvalue weighted by Crippen LogP contribution is -2.48. The zero-order chi connectivity index (χ0) is 38.6. The first kappa shape index (κ1) is 37.6. The fourth-order valence-corrected chi connectivity index (χ4v) is 12.6. The van der Waals surface area contributed by atoms with E-state index in [-0.39, 0.29) is 49.2 Å². The number of carbonyl (C=O) groups excluding carboxylic acids is 4. The maximum atomic E-state index is 15.2. The van der Waals surface area contributed by atoms with Gasteiger partial charge >= 0.3 is 0 Å². The topological polar surface area (TPSA) is 131 Å². The molecule has 0 saturated carbocycles. The molecule has 3 saturated heterocycles. The van der Waals surface area contributed by atoms with Gasteiger partial charge in [-0.25, -0.2) is 0 Å². The smallest absolute Gasteiger partial charge is 0.264 e. The van der Waals surface area contributed by atoms with Crippen LogP contribution < -0.4 is 14.7 Å². The Morgan fingerprint density at radius 2 is 1.51 bits per heavy atom. The Balaban J connectivity index is 1.15. The summed E-state index contributed by atoms with van der Waals surface area (Å²) in [7, 11) is -3.09. The van der Waals surface area contributed by atoms with Crippen LogP contribution in [0.2, 0.25) is 18.6 Å². The summed E-state index contributed by atoms with van der Waals surface area (Å²) in [6, 6.07) is 21.1. The van der Waals surface area contributed by atoms with Gasteiger partial charge in [0, 0.05) is 60.9 Å². The van der Waals surface area contributed by atoms with Crippen LogP contribution >= 0.6 is 0 Å². The summed E-state index contributed by atoms with van der Waals surface area (Å²) in [4.78, 5) is 74.3. The van der Waals surface area contributed by atoms with Gasteiger partial charge in [0.2, 0.25) is 17.7 Å². The molecular weight excluding hydrogens is 713 g/mol. The van der Waals surface area contributed by atoms with Crippen molar-refractivity contribution in [3.63, 3.8) is 0 Å². The third kappa shape index (κ3) is 6.60. The number of piperidine rings is 2. The number of benzene rings is 3. The molecular formula is C43H52N4O7Si. The van der Waals surface area contributed by atoms with Crippen molar-refractivity contribution in [2.75, 3.05) is 34.4 Å². The number of nitrogens with zero attached hydrogens (tertiary/aromatic N) is 4. The molecule has 290 valence electrons. The summed E-state index contributed by atoms with van der Waals surface area (Å²) in [5.74, 6) is -0.779. The van der Waals surface area contributed by atoms with Crippen molar-refractivity contribution >= 4 is 49.0 Å². The summed E-state index contributed by atoms with van der Waals surface area (Å²) < 4.78 is 7.07. The number of fused-ring (bicyclic) bond motifs is 3. The van der Waals surface area contributed by atoms with E-state index in [1.807, 2.05) is 91.6 Å². The zero-order valence-electron chi connectivity index (χ0n) is 32.1. The molecule has 12 heteroatoms. The molecule has 2 N–H and O–H groups in total. The van der Waals surface area contributed by atoms with Crippen molar-refractivity contribution in [1.29, 1.82) is 0 Å². The molecule has 0 radical (unpaired) electrons. The molecule has 3 aromatic rings. The van der Waals surface area contributed by atoms with Crippen molar-refractivity contribution in [1.82, 2.24) is 4.90 Å². The van der Waals surface area contributed by atoms with Gasteiger partial charge in [0.25, 0.3) is 5.91 Å². The number of aliphatic hydroxyl groups is 1. The van der Waals surface area contributed by atoms with Crippen molar-refractivity contribution in [2.24, 2.45) is 5.92 Å². The predicted molar refractivity (Wildman–Crippen MR) is 212 cm³/mol. The largest absolute Gasteiger partial charge is 0.432 e. The van der Waals surface area contributed by atoms with E-state index in [0.29, 0.717) is 55.8 Å². The summed E-state index contributed by atoms with van der Waals surface area (Å²) in [5.41, 5.74) is 3.93. The second-order valence-corrected chi connectivity index (χ2v) is 20.6. The Hall–Kier alpha value is -4.36. The highest BCUT2D eigenvalue weighted by Gasteiger charge is 2.66. The van der Waals surface area contributed by atoms with E-state index >= 15 is 4.79 Å². The minimum absolute atomic E-state index is 0.0425. The number of ether oxygens (including phenoxy) is 1. The van der Waals surface area contributed by atoms with Gasteiger partial charge in [-0.3, -0.25) is 19.2 Å². The zero-order valence-corrected chi connectivity index (χ0v) is 33.1. The first-order valence-electron chi connectivity index (χ1n) is 19.9. The molecule has 5 atom stereocenters. The van der Waals surface area contributed by atoms with E-state index in [1.165, 1.54) is 0 Å². The van der Waals surface area contributed by atoms with Gasteiger partial charge in [0.15, 0.2) is 13.9 Å². The second-order valence-electron chi connectivity index (χ2n) is 16.7. The van der Waals surface area contributed by atoms with E-state index < -0.39 is 31.5 Å². The van der Waals surface area contributed by atoms with Crippen LogP contribution in [0.3, 0.4) is 0 Å². The Bertz CT molecular complexity index is 2000. The minimum Gasteiger partial charge on any atom is -0.432 e. The maximum absolute atomic E-state index is 15.2. The van der Waals surface area contributed by atoms with Gasteiger partial charge in [-0.2, -0.15) is 0 Å². The van der Waals surface area contributed by atoms with Crippen molar-refractivity contribution in [3.05, 3.63) is 89.0 Å². The molecule has 3 aromatic carbocycles. The Morgan fingerprint density at radius 3 is 2.15 bits per heavy atom. The van der Waals surface area contributed by atoms with E-state index in [0.717, 1.165) is 48.1 Å². The van der Waals surface area contributed by atoms with Crippen molar-refractivity contribution in [2.45, 2.75) is 108 Å². The Kier molecular flexibility index (Phi) is 9.98. The number of amides is 4. The average Bonchev–Trinajstić information content (AvgIpc) is 3.60. The molecule has 0 aliphatic carbocycles. The monoisotopic (exact) mass is 764 g/mol. The number of carbonyl (C=O) groups is 4. The third-order valence-corrected chi connectivity index (χ3v) is 15.3. The van der Waals surface area contributed by atoms with Gasteiger partial charge < -0.3 is 34.2 Å². The number of hydrogen-bond donors (Lipinski definition) is 2. The van der Waals surface area contributed by atoms with Gasteiger partial charge in [-0.1, -0.05) is 43.3 Å². The third-order valence-electron chi connectivity index (χ3n) is 12.8. The van der Waals surface area contributed by atoms with E-state index in [9.17, 15) is 24.3 Å². The Labute approximate surface area is 324 Å². The van der Waals surface area contributed by atoms with Gasteiger partial charge in [-0.15, -0.1) is 0 Å². The predicted octanol–water partition coefficient (Wildman–Crippen LogP) is 5.40. The molecule has 3 fully saturated rings. The summed E-state index contributed by atoms with van der Waals surface area (Å²) in [5, 5.41) is 10.4. The average molecular weight is 765 g/mol. The molecule has 0 aromatic heterocycles. The van der Waals surface area contributed by atoms with Gasteiger partial charge in [0.1, 0.15) is 0 Å². The Morgan fingerprint density at radius 1 is 0.873 bits per heavy atom. The number of anilines is 3. The second kappa shape index (κ2) is 14.6. The SMILES string of the molecule is C[C@@H]1[C@@H]([Si](C)(C)O)[C@H](CC(=O)N2Cc3ccccc3C[C@H]2CO)O[C@@]12C(=O)N(Cc1ccc(N3CCCCC3=O)cc1)c1ccc(N3CCCCC3=O)cc12. The molecule has 11 nitrogen and oxygen atoms in total. The highest BCUT2D eigenvalue weighted by molar-refractivity contribution is 6.71. The van der Waals surface area contributed by atoms with E-state index in [4.69, 9.17) is 4.74 Å². The van der Waals surface area contributed by atoms with Crippen LogP contribution in [0.5, 0.6) is 0 Å². The summed E-state index contributed by atoms with van der Waals surface area (Å²) in [6.45, 7) is 7.37. The number of rotatable bonds is 8. The maximum Gasteiger partial charge on any atom is 0.264 e. The first-order valence-corrected chi connectivity index (χ1v) is 23.0. The van der Waals surface area contributed by atoms with E-state index in [2.05, 4.69) is 0 Å². The van der Waals surface area contributed by atoms with Crippen LogP contribution in [-0.2, 0) is 49.0 Å². The molecule has 4 amide bonds. The minimum atomic E-state index is -3.09. The summed E-state index contributed by atoms with van der Waals surface area (Å²) >= 11 is 0. The van der Waals surface area contributed by atoms with Crippen LogP contribution in [0.25, 0.3) is 0 Å². The summed E-state index contributed by atoms with van der Waals surface area (Å²) in [6.07, 6.45) is 4.34. The molecule has 1 spiro atoms. The highest BCUT2D eigenvalue weighted by atomic mass is 28.4. The molecule has 5 aliphatic rings. The van der Waals surface area contributed by atoms with Crippen molar-refractivity contribution < 1.29 is 33.8 Å². The van der Waals surface area contributed by atoms with Crippen LogP contribution in [0.4, 0.5) is 17.1 Å². The highest BCUT2D eigenvalue weighted by Crippen LogP contribution is 2.60. The number of hydrogen-bond acceptors (Lipinski definition) is 7. The lowest BCUT2D eigenvalue weighted by Gasteiger charge is -2.37. The lowest BCUT2D eigenvalue weighted by atomic mass is 9.82. The number of aliphatic hydroxyl groups excluding tert-OH is 1. The van der Waals surface area contributed by atoms with Gasteiger partial charge in [0.05, 0.1) is 37.4 Å². The standard InChI is InChI=1S/C43H52N4O7Si/c1-28-41(55(2,3)53)37(24-40(51)46-26-31-11-5-4-10-30(31)22-34(46)27-48)54-43(28)35-23-33(45-21-9-7-13-39(45)50)18-19-36(35)47(42(43)52)25-29-14-16-32(17-15-29)44-20-8-6-12-38(44)49/h4-5,10-11,14-19,23,28,34,37,41,48,53H,6-9,12-13,20-22,24-27H2,1-3H3/t28-,34+,37+,41-,43+/m1/s1. The first-order chi connectivity index (χ1) is 26.4. The molecule has 8 rings (SSSR count). The van der Waals surface area contributed by atoms with Crippen LogP contribution in [0, 0.1) is 5.92 Å². The molecule has 5 aliphatic heterocycles. The fraction of sp³-hybridized carbons (Fsp3) is 0.488. The van der Waals surface area contributed by atoms with Crippen LogP contribution in [-0.4, -0.2) is 78.6 Å². The molecule has 5 heterocycles. The van der Waals surface area contributed by atoms with Crippen LogP contribution in [0.15, 0.2) is 66.7 Å².